The van der Waals surface area contributed by atoms with Crippen molar-refractivity contribution in [3.05, 3.63) is 0 Å². The molecule has 0 heterocycles. The van der Waals surface area contributed by atoms with Crippen LogP contribution >= 0.6 is 0 Å². The van der Waals surface area contributed by atoms with Crippen LogP contribution in [0.5, 0.6) is 0 Å². The van der Waals surface area contributed by atoms with Crippen molar-refractivity contribution in [3.8, 4) is 0 Å². The monoisotopic (exact) mass is 271 g/mol. The Morgan fingerprint density at radius 3 is 2.37 bits per heavy atom. The van der Waals surface area contributed by atoms with Gasteiger partial charge in [-0.1, -0.05) is 20.8 Å². The SMILES string of the molecule is COCCN(C(C)C)C1CC(C(C)(C)C)CCC1O. The molecule has 1 rings (SSSR count). The molecule has 0 bridgehead atoms. The summed E-state index contributed by atoms with van der Waals surface area (Å²) in [5.74, 6) is 0.699. The van der Waals surface area contributed by atoms with E-state index >= 15 is 0 Å². The molecule has 3 atom stereocenters. The fourth-order valence-electron chi connectivity index (χ4n) is 3.28. The maximum atomic E-state index is 10.4. The lowest BCUT2D eigenvalue weighted by Gasteiger charge is -2.46. The predicted molar refractivity (Wildman–Crippen MR) is 80.3 cm³/mol. The molecule has 19 heavy (non-hydrogen) atoms. The lowest BCUT2D eigenvalue weighted by Crippen LogP contribution is -2.52. The summed E-state index contributed by atoms with van der Waals surface area (Å²) in [4.78, 5) is 2.42. The van der Waals surface area contributed by atoms with Crippen LogP contribution in [0.4, 0.5) is 0 Å². The van der Waals surface area contributed by atoms with E-state index in [0.29, 0.717) is 17.4 Å². The summed E-state index contributed by atoms with van der Waals surface area (Å²) in [6, 6.07) is 0.738. The van der Waals surface area contributed by atoms with Crippen LogP contribution in [-0.2, 0) is 4.74 Å². The first-order chi connectivity index (χ1) is 8.77. The Morgan fingerprint density at radius 1 is 1.26 bits per heavy atom. The van der Waals surface area contributed by atoms with E-state index in [9.17, 15) is 5.11 Å². The molecule has 0 amide bonds. The topological polar surface area (TPSA) is 32.7 Å². The van der Waals surface area contributed by atoms with E-state index in [2.05, 4.69) is 39.5 Å². The molecule has 0 spiro atoms. The molecule has 0 saturated heterocycles. The Morgan fingerprint density at radius 2 is 1.89 bits per heavy atom. The number of aliphatic hydroxyl groups is 1. The largest absolute Gasteiger partial charge is 0.391 e. The molecule has 0 aromatic carbocycles. The lowest BCUT2D eigenvalue weighted by atomic mass is 9.70. The van der Waals surface area contributed by atoms with Crippen molar-refractivity contribution in [1.29, 1.82) is 0 Å². The number of methoxy groups -OCH3 is 1. The van der Waals surface area contributed by atoms with Crippen molar-refractivity contribution in [1.82, 2.24) is 4.90 Å². The third kappa shape index (κ3) is 4.73. The molecule has 114 valence electrons. The minimum atomic E-state index is -0.183. The van der Waals surface area contributed by atoms with Crippen molar-refractivity contribution < 1.29 is 9.84 Å². The maximum absolute atomic E-state index is 10.4. The fourth-order valence-corrected chi connectivity index (χ4v) is 3.28. The normalized spacial score (nSPS) is 29.2. The van der Waals surface area contributed by atoms with Gasteiger partial charge < -0.3 is 9.84 Å². The van der Waals surface area contributed by atoms with Gasteiger partial charge in [0.15, 0.2) is 0 Å². The van der Waals surface area contributed by atoms with Gasteiger partial charge in [-0.15, -0.1) is 0 Å². The third-order valence-corrected chi connectivity index (χ3v) is 4.65. The van der Waals surface area contributed by atoms with Crippen molar-refractivity contribution in [2.75, 3.05) is 20.3 Å². The van der Waals surface area contributed by atoms with Crippen LogP contribution in [0.3, 0.4) is 0 Å². The lowest BCUT2D eigenvalue weighted by molar-refractivity contribution is -0.0355. The smallest absolute Gasteiger partial charge is 0.0695 e. The molecular weight excluding hydrogens is 238 g/mol. The maximum Gasteiger partial charge on any atom is 0.0695 e. The summed E-state index contributed by atoms with van der Waals surface area (Å²) in [6.07, 6.45) is 3.00. The number of nitrogens with zero attached hydrogens (tertiary/aromatic N) is 1. The zero-order valence-electron chi connectivity index (χ0n) is 13.6. The molecule has 3 unspecified atom stereocenters. The third-order valence-electron chi connectivity index (χ3n) is 4.65. The molecule has 1 aliphatic carbocycles. The molecule has 3 heteroatoms. The quantitative estimate of drug-likeness (QED) is 0.834. The highest BCUT2D eigenvalue weighted by molar-refractivity contribution is 4.91. The second-order valence-corrected chi connectivity index (χ2v) is 7.34. The molecule has 1 fully saturated rings. The first-order valence-electron chi connectivity index (χ1n) is 7.70. The number of ether oxygens (including phenoxy) is 1. The number of hydrogen-bond donors (Lipinski definition) is 1. The van der Waals surface area contributed by atoms with Gasteiger partial charge in [0.2, 0.25) is 0 Å². The van der Waals surface area contributed by atoms with Gasteiger partial charge in [0.25, 0.3) is 0 Å². The minimum absolute atomic E-state index is 0.183. The summed E-state index contributed by atoms with van der Waals surface area (Å²) in [7, 11) is 1.74. The highest BCUT2D eigenvalue weighted by atomic mass is 16.5. The van der Waals surface area contributed by atoms with Gasteiger partial charge in [-0.3, -0.25) is 4.90 Å². The summed E-state index contributed by atoms with van der Waals surface area (Å²) >= 11 is 0. The van der Waals surface area contributed by atoms with Crippen LogP contribution in [0, 0.1) is 11.3 Å². The number of rotatable bonds is 5. The van der Waals surface area contributed by atoms with Crippen molar-refractivity contribution in [2.45, 2.75) is 72.1 Å². The van der Waals surface area contributed by atoms with Crippen LogP contribution in [0.15, 0.2) is 0 Å². The minimum Gasteiger partial charge on any atom is -0.391 e. The molecular formula is C16H33NO2. The number of hydrogen-bond acceptors (Lipinski definition) is 3. The van der Waals surface area contributed by atoms with Crippen LogP contribution in [0.25, 0.3) is 0 Å². The summed E-state index contributed by atoms with van der Waals surface area (Å²) in [6.45, 7) is 13.0. The van der Waals surface area contributed by atoms with E-state index in [1.165, 1.54) is 0 Å². The Balaban J connectivity index is 2.75. The molecule has 0 radical (unpaired) electrons. The summed E-state index contributed by atoms with van der Waals surface area (Å²) < 4.78 is 5.22. The molecule has 1 saturated carbocycles. The van der Waals surface area contributed by atoms with Crippen LogP contribution in [-0.4, -0.2) is 48.5 Å². The van der Waals surface area contributed by atoms with E-state index in [4.69, 9.17) is 4.74 Å². The molecule has 1 N–H and O–H groups in total. The van der Waals surface area contributed by atoms with Gasteiger partial charge in [0.05, 0.1) is 12.7 Å². The van der Waals surface area contributed by atoms with Crippen molar-refractivity contribution in [2.24, 2.45) is 11.3 Å². The fraction of sp³-hybridized carbons (Fsp3) is 1.00. The van der Waals surface area contributed by atoms with E-state index in [1.54, 1.807) is 7.11 Å². The average molecular weight is 271 g/mol. The van der Waals surface area contributed by atoms with Gasteiger partial charge in [-0.2, -0.15) is 0 Å². The van der Waals surface area contributed by atoms with Crippen LogP contribution in [0.2, 0.25) is 0 Å². The second kappa shape index (κ2) is 7.05. The Kier molecular flexibility index (Phi) is 6.28. The highest BCUT2D eigenvalue weighted by Gasteiger charge is 2.38. The Hall–Kier alpha value is -0.120. The van der Waals surface area contributed by atoms with Gasteiger partial charge in [-0.25, -0.2) is 0 Å². The number of aliphatic hydroxyl groups excluding tert-OH is 1. The average Bonchev–Trinajstić information content (AvgIpc) is 2.29. The summed E-state index contributed by atoms with van der Waals surface area (Å²) in [5, 5.41) is 10.4. The van der Waals surface area contributed by atoms with Crippen molar-refractivity contribution in [3.63, 3.8) is 0 Å². The molecule has 3 nitrogen and oxygen atoms in total. The van der Waals surface area contributed by atoms with Crippen LogP contribution in [0.1, 0.15) is 53.9 Å². The first-order valence-corrected chi connectivity index (χ1v) is 7.70. The summed E-state index contributed by atoms with van der Waals surface area (Å²) in [5.41, 5.74) is 0.336. The Labute approximate surface area is 119 Å². The predicted octanol–water partition coefficient (Wildman–Crippen LogP) is 2.92. The van der Waals surface area contributed by atoms with Gasteiger partial charge in [0.1, 0.15) is 0 Å². The van der Waals surface area contributed by atoms with Crippen molar-refractivity contribution >= 4 is 0 Å². The van der Waals surface area contributed by atoms with E-state index < -0.39 is 0 Å². The van der Waals surface area contributed by atoms with E-state index in [-0.39, 0.29) is 12.1 Å². The Bertz CT molecular complexity index is 260. The highest BCUT2D eigenvalue weighted by Crippen LogP contribution is 2.39. The zero-order chi connectivity index (χ0) is 14.6. The van der Waals surface area contributed by atoms with Gasteiger partial charge in [-0.05, 0) is 44.4 Å². The standard InChI is InChI=1S/C16H33NO2/c1-12(2)17(9-10-19-6)14-11-13(16(3,4)5)7-8-15(14)18/h12-15,18H,7-11H2,1-6H3. The zero-order valence-corrected chi connectivity index (χ0v) is 13.6. The van der Waals surface area contributed by atoms with Crippen LogP contribution < -0.4 is 0 Å². The molecule has 0 aliphatic heterocycles. The first kappa shape index (κ1) is 16.9. The molecule has 1 aliphatic rings. The second-order valence-electron chi connectivity index (χ2n) is 7.34. The van der Waals surface area contributed by atoms with Gasteiger partial charge >= 0.3 is 0 Å². The van der Waals surface area contributed by atoms with E-state index in [0.717, 1.165) is 32.4 Å². The van der Waals surface area contributed by atoms with E-state index in [1.807, 2.05) is 0 Å². The van der Waals surface area contributed by atoms with Gasteiger partial charge in [0, 0.05) is 25.7 Å². The molecule has 0 aromatic heterocycles. The molecule has 0 aromatic rings.